The first kappa shape index (κ1) is 18.1. The predicted octanol–water partition coefficient (Wildman–Crippen LogP) is 3.64. The smallest absolute Gasteiger partial charge is 0.304 e. The first-order valence-corrected chi connectivity index (χ1v) is 9.52. The Kier molecular flexibility index (Phi) is 4.98. The standard InChI is InChI=1S/C19H16FN5O2S/c20-14-6-1-2-7-15(14)23-19(27)25-10-4-9-24(25)18(26)16-12-28-17(22-16)13-5-3-8-21-11-13/h1-3,5-8,11-12H,4,9-10H2,(H,23,27). The van der Waals surface area contributed by atoms with Crippen LogP contribution in [-0.4, -0.2) is 45.0 Å². The molecule has 1 aliphatic rings. The van der Waals surface area contributed by atoms with E-state index in [1.165, 1.54) is 33.5 Å². The van der Waals surface area contributed by atoms with Crippen molar-refractivity contribution >= 4 is 29.0 Å². The number of benzene rings is 1. The quantitative estimate of drug-likeness (QED) is 0.732. The van der Waals surface area contributed by atoms with Crippen LogP contribution in [0, 0.1) is 5.82 Å². The summed E-state index contributed by atoms with van der Waals surface area (Å²) in [6, 6.07) is 9.00. The fourth-order valence-corrected chi connectivity index (χ4v) is 3.69. The number of hydrogen-bond acceptors (Lipinski definition) is 5. The maximum absolute atomic E-state index is 13.8. The number of rotatable bonds is 3. The fourth-order valence-electron chi connectivity index (χ4n) is 2.90. The molecule has 1 aromatic carbocycles. The van der Waals surface area contributed by atoms with Crippen molar-refractivity contribution in [2.75, 3.05) is 18.4 Å². The average molecular weight is 397 g/mol. The number of halogens is 1. The van der Waals surface area contributed by atoms with Gasteiger partial charge in [0.1, 0.15) is 16.5 Å². The molecule has 9 heteroatoms. The number of carbonyl (C=O) groups excluding carboxylic acids is 2. The number of pyridine rings is 1. The lowest BCUT2D eigenvalue weighted by molar-refractivity contribution is 0.0399. The number of para-hydroxylation sites is 1. The van der Waals surface area contributed by atoms with Gasteiger partial charge in [-0.15, -0.1) is 11.3 Å². The van der Waals surface area contributed by atoms with E-state index in [0.717, 1.165) is 5.56 Å². The highest BCUT2D eigenvalue weighted by molar-refractivity contribution is 7.13. The molecule has 0 bridgehead atoms. The Hall–Kier alpha value is -3.33. The monoisotopic (exact) mass is 397 g/mol. The molecule has 0 atom stereocenters. The second-order valence-electron chi connectivity index (χ2n) is 6.09. The van der Waals surface area contributed by atoms with E-state index in [9.17, 15) is 14.0 Å². The van der Waals surface area contributed by atoms with Crippen LogP contribution >= 0.6 is 11.3 Å². The number of carbonyl (C=O) groups is 2. The van der Waals surface area contributed by atoms with Gasteiger partial charge in [0.25, 0.3) is 5.91 Å². The molecule has 142 valence electrons. The number of hydrazine groups is 1. The molecule has 0 radical (unpaired) electrons. The molecule has 0 aliphatic carbocycles. The topological polar surface area (TPSA) is 78.4 Å². The summed E-state index contributed by atoms with van der Waals surface area (Å²) >= 11 is 1.34. The minimum atomic E-state index is -0.557. The zero-order chi connectivity index (χ0) is 19.5. The molecule has 1 fully saturated rings. The van der Waals surface area contributed by atoms with Crippen molar-refractivity contribution < 1.29 is 14.0 Å². The van der Waals surface area contributed by atoms with Crippen LogP contribution < -0.4 is 5.32 Å². The number of urea groups is 1. The highest BCUT2D eigenvalue weighted by Crippen LogP contribution is 2.25. The Morgan fingerprint density at radius 2 is 1.93 bits per heavy atom. The predicted molar refractivity (Wildman–Crippen MR) is 103 cm³/mol. The largest absolute Gasteiger partial charge is 0.340 e. The average Bonchev–Trinajstić information content (AvgIpc) is 3.40. The van der Waals surface area contributed by atoms with E-state index in [4.69, 9.17) is 0 Å². The normalized spacial score (nSPS) is 13.6. The number of thiazole rings is 1. The van der Waals surface area contributed by atoms with Crippen molar-refractivity contribution in [1.29, 1.82) is 0 Å². The molecule has 3 amide bonds. The first-order chi connectivity index (χ1) is 13.6. The van der Waals surface area contributed by atoms with Gasteiger partial charge in [0.05, 0.1) is 5.69 Å². The second-order valence-corrected chi connectivity index (χ2v) is 6.95. The maximum Gasteiger partial charge on any atom is 0.340 e. The van der Waals surface area contributed by atoms with Gasteiger partial charge >= 0.3 is 6.03 Å². The van der Waals surface area contributed by atoms with E-state index in [0.29, 0.717) is 24.5 Å². The van der Waals surface area contributed by atoms with E-state index in [2.05, 4.69) is 15.3 Å². The van der Waals surface area contributed by atoms with Crippen LogP contribution in [0.25, 0.3) is 10.6 Å². The summed E-state index contributed by atoms with van der Waals surface area (Å²) in [5.41, 5.74) is 1.15. The Bertz CT molecular complexity index is 1010. The van der Waals surface area contributed by atoms with Crippen molar-refractivity contribution in [2.24, 2.45) is 0 Å². The third-order valence-corrected chi connectivity index (χ3v) is 5.14. The minimum Gasteiger partial charge on any atom is -0.304 e. The van der Waals surface area contributed by atoms with Gasteiger partial charge in [-0.1, -0.05) is 12.1 Å². The highest BCUT2D eigenvalue weighted by atomic mass is 32.1. The molecule has 1 saturated heterocycles. The van der Waals surface area contributed by atoms with Crippen molar-refractivity contribution in [2.45, 2.75) is 6.42 Å². The molecule has 4 rings (SSSR count). The number of amides is 3. The highest BCUT2D eigenvalue weighted by Gasteiger charge is 2.32. The molecule has 3 aromatic rings. The lowest BCUT2D eigenvalue weighted by atomic mass is 10.3. The molecular formula is C19H16FN5O2S. The Labute approximate surface area is 164 Å². The van der Waals surface area contributed by atoms with Crippen LogP contribution in [-0.2, 0) is 0 Å². The summed E-state index contributed by atoms with van der Waals surface area (Å²) in [4.78, 5) is 33.9. The summed E-state index contributed by atoms with van der Waals surface area (Å²) < 4.78 is 13.8. The molecule has 0 saturated carbocycles. The summed E-state index contributed by atoms with van der Waals surface area (Å²) in [5, 5.41) is 7.49. The van der Waals surface area contributed by atoms with Crippen LogP contribution in [0.4, 0.5) is 14.9 Å². The molecular weight excluding hydrogens is 381 g/mol. The lowest BCUT2D eigenvalue weighted by Gasteiger charge is -2.27. The van der Waals surface area contributed by atoms with Gasteiger partial charge in [0, 0.05) is 36.4 Å². The Morgan fingerprint density at radius 3 is 2.71 bits per heavy atom. The summed E-state index contributed by atoms with van der Waals surface area (Å²) in [5.74, 6) is -0.902. The zero-order valence-corrected chi connectivity index (χ0v) is 15.5. The van der Waals surface area contributed by atoms with Gasteiger partial charge < -0.3 is 5.32 Å². The summed E-state index contributed by atoms with van der Waals surface area (Å²) in [7, 11) is 0. The van der Waals surface area contributed by atoms with Crippen LogP contribution in [0.2, 0.25) is 0 Å². The van der Waals surface area contributed by atoms with E-state index in [1.54, 1.807) is 36.0 Å². The number of nitrogens with one attached hydrogen (secondary N) is 1. The van der Waals surface area contributed by atoms with Crippen LogP contribution in [0.3, 0.4) is 0 Å². The number of aromatic nitrogens is 2. The molecule has 7 nitrogen and oxygen atoms in total. The fraction of sp³-hybridized carbons (Fsp3) is 0.158. The van der Waals surface area contributed by atoms with Crippen molar-refractivity contribution in [3.8, 4) is 10.6 Å². The van der Waals surface area contributed by atoms with E-state index >= 15 is 0 Å². The third kappa shape index (κ3) is 3.56. The Morgan fingerprint density at radius 1 is 1.11 bits per heavy atom. The van der Waals surface area contributed by atoms with Crippen LogP contribution in [0.1, 0.15) is 16.9 Å². The first-order valence-electron chi connectivity index (χ1n) is 8.64. The molecule has 28 heavy (non-hydrogen) atoms. The maximum atomic E-state index is 13.8. The van der Waals surface area contributed by atoms with Gasteiger partial charge in [0.2, 0.25) is 0 Å². The zero-order valence-electron chi connectivity index (χ0n) is 14.7. The molecule has 1 N–H and O–H groups in total. The van der Waals surface area contributed by atoms with Crippen LogP contribution in [0.5, 0.6) is 0 Å². The van der Waals surface area contributed by atoms with E-state index in [-0.39, 0.29) is 17.3 Å². The van der Waals surface area contributed by atoms with Crippen LogP contribution in [0.15, 0.2) is 54.2 Å². The van der Waals surface area contributed by atoms with Crippen molar-refractivity contribution in [3.63, 3.8) is 0 Å². The van der Waals surface area contributed by atoms with Gasteiger partial charge in [-0.2, -0.15) is 0 Å². The second kappa shape index (κ2) is 7.73. The molecule has 1 aliphatic heterocycles. The van der Waals surface area contributed by atoms with Crippen molar-refractivity contribution in [1.82, 2.24) is 20.0 Å². The summed E-state index contributed by atoms with van der Waals surface area (Å²) in [6.07, 6.45) is 3.98. The van der Waals surface area contributed by atoms with E-state index < -0.39 is 11.8 Å². The van der Waals surface area contributed by atoms with Gasteiger partial charge in [-0.25, -0.2) is 24.2 Å². The molecule has 0 spiro atoms. The number of anilines is 1. The number of nitrogens with zero attached hydrogens (tertiary/aromatic N) is 4. The van der Waals surface area contributed by atoms with Gasteiger partial charge in [0.15, 0.2) is 0 Å². The molecule has 0 unspecified atom stereocenters. The number of hydrogen-bond donors (Lipinski definition) is 1. The summed E-state index contributed by atoms with van der Waals surface area (Å²) in [6.45, 7) is 0.759. The van der Waals surface area contributed by atoms with Gasteiger partial charge in [-0.05, 0) is 30.7 Å². The molecule has 2 aromatic heterocycles. The van der Waals surface area contributed by atoms with Crippen molar-refractivity contribution in [3.05, 3.63) is 65.7 Å². The SMILES string of the molecule is O=C(Nc1ccccc1F)N1CCCN1C(=O)c1csc(-c2cccnc2)n1. The minimum absolute atomic E-state index is 0.0688. The molecule has 3 heterocycles. The third-order valence-electron chi connectivity index (χ3n) is 4.25. The Balaban J connectivity index is 1.50. The lowest BCUT2D eigenvalue weighted by Crippen LogP contribution is -2.46. The van der Waals surface area contributed by atoms with Gasteiger partial charge in [-0.3, -0.25) is 9.78 Å². The van der Waals surface area contributed by atoms with E-state index in [1.807, 2.05) is 6.07 Å².